The molecule has 2 fully saturated rings. The molecule has 2 aliphatic rings. The Balaban J connectivity index is 1.59. The summed E-state index contributed by atoms with van der Waals surface area (Å²) in [7, 11) is 0. The van der Waals surface area contributed by atoms with E-state index in [0.717, 1.165) is 37.4 Å². The molecule has 2 unspecified atom stereocenters. The number of hydrogen-bond acceptors (Lipinski definition) is 6. The van der Waals surface area contributed by atoms with E-state index in [-0.39, 0.29) is 29.3 Å². The van der Waals surface area contributed by atoms with Crippen LogP contribution >= 0.6 is 0 Å². The predicted octanol–water partition coefficient (Wildman–Crippen LogP) is 3.02. The molecule has 1 amide bonds. The van der Waals surface area contributed by atoms with Crippen LogP contribution in [0.15, 0.2) is 24.4 Å². The first-order valence-electron chi connectivity index (χ1n) is 9.76. The van der Waals surface area contributed by atoms with Gasteiger partial charge in [-0.3, -0.25) is 9.78 Å². The van der Waals surface area contributed by atoms with Crippen molar-refractivity contribution >= 4 is 23.2 Å². The highest BCUT2D eigenvalue weighted by Gasteiger charge is 2.26. The van der Waals surface area contributed by atoms with Crippen molar-refractivity contribution < 1.29 is 9.18 Å². The lowest BCUT2D eigenvalue weighted by atomic mass is 9.91. The zero-order valence-electron chi connectivity index (χ0n) is 15.6. The summed E-state index contributed by atoms with van der Waals surface area (Å²) in [4.78, 5) is 20.5. The molecule has 0 saturated heterocycles. The second-order valence-electron chi connectivity index (χ2n) is 7.65. The van der Waals surface area contributed by atoms with Crippen LogP contribution in [-0.4, -0.2) is 28.0 Å². The highest BCUT2D eigenvalue weighted by atomic mass is 19.1. The quantitative estimate of drug-likeness (QED) is 0.608. The molecule has 0 aliphatic heterocycles. The van der Waals surface area contributed by atoms with Gasteiger partial charge in [0.2, 0.25) is 0 Å². The van der Waals surface area contributed by atoms with Crippen molar-refractivity contribution in [1.82, 2.24) is 9.97 Å². The topological polar surface area (TPSA) is 119 Å². The molecule has 2 aromatic rings. The largest absolute Gasteiger partial charge is 0.365 e. The number of nitrogens with zero attached hydrogens (tertiary/aromatic N) is 2. The maximum Gasteiger partial charge on any atom is 0.252 e. The first kappa shape index (κ1) is 18.6. The van der Waals surface area contributed by atoms with Crippen LogP contribution in [0.5, 0.6) is 0 Å². The summed E-state index contributed by atoms with van der Waals surface area (Å²) in [5.74, 6) is -0.564. The number of anilines is 3. The molecular formula is C20H25FN6O. The van der Waals surface area contributed by atoms with E-state index in [1.165, 1.54) is 12.8 Å². The Bertz CT molecular complexity index is 868. The molecule has 2 heterocycles. The van der Waals surface area contributed by atoms with Crippen molar-refractivity contribution in [2.24, 2.45) is 11.5 Å². The number of carbonyl (C=O) groups is 1. The van der Waals surface area contributed by atoms with Crippen LogP contribution in [0.4, 0.5) is 21.7 Å². The fourth-order valence-electron chi connectivity index (χ4n) is 3.62. The minimum atomic E-state index is -0.752. The van der Waals surface area contributed by atoms with E-state index in [4.69, 9.17) is 11.5 Å². The molecule has 4 rings (SSSR count). The van der Waals surface area contributed by atoms with Gasteiger partial charge in [0.15, 0.2) is 11.6 Å². The second kappa shape index (κ2) is 7.71. The number of hydrogen-bond donors (Lipinski definition) is 4. The van der Waals surface area contributed by atoms with Gasteiger partial charge < -0.3 is 22.1 Å². The van der Waals surface area contributed by atoms with Crippen LogP contribution in [0, 0.1) is 5.82 Å². The summed E-state index contributed by atoms with van der Waals surface area (Å²) < 4.78 is 14.5. The average molecular weight is 384 g/mol. The highest BCUT2D eigenvalue weighted by Crippen LogP contribution is 2.39. The van der Waals surface area contributed by atoms with E-state index in [1.54, 1.807) is 6.20 Å². The predicted molar refractivity (Wildman–Crippen MR) is 106 cm³/mol. The van der Waals surface area contributed by atoms with Crippen LogP contribution < -0.4 is 22.1 Å². The highest BCUT2D eigenvalue weighted by molar-refractivity contribution is 5.98. The number of aromatic nitrogens is 2. The average Bonchev–Trinajstić information content (AvgIpc) is 3.51. The van der Waals surface area contributed by atoms with Crippen LogP contribution in [0.3, 0.4) is 0 Å². The zero-order valence-corrected chi connectivity index (χ0v) is 15.6. The second-order valence-corrected chi connectivity index (χ2v) is 7.65. The van der Waals surface area contributed by atoms with Gasteiger partial charge in [-0.2, -0.15) is 0 Å². The summed E-state index contributed by atoms with van der Waals surface area (Å²) in [6, 6.07) is 4.83. The molecular weight excluding hydrogens is 359 g/mol. The fourth-order valence-corrected chi connectivity index (χ4v) is 3.62. The minimum absolute atomic E-state index is 0.0118. The van der Waals surface area contributed by atoms with Crippen LogP contribution in [-0.2, 0) is 0 Å². The van der Waals surface area contributed by atoms with Crippen molar-refractivity contribution in [2.45, 2.75) is 56.5 Å². The van der Waals surface area contributed by atoms with E-state index < -0.39 is 11.7 Å². The molecule has 0 spiro atoms. The number of carbonyl (C=O) groups excluding carboxylic acids is 1. The maximum atomic E-state index is 14.5. The lowest BCUT2D eigenvalue weighted by Gasteiger charge is -2.30. The number of amides is 1. The third kappa shape index (κ3) is 4.06. The van der Waals surface area contributed by atoms with Gasteiger partial charge in [0.25, 0.3) is 5.91 Å². The Morgan fingerprint density at radius 1 is 1.14 bits per heavy atom. The summed E-state index contributed by atoms with van der Waals surface area (Å²) in [6.45, 7) is 0. The zero-order chi connectivity index (χ0) is 19.7. The molecule has 7 nitrogen and oxygen atoms in total. The van der Waals surface area contributed by atoms with Crippen molar-refractivity contribution in [2.75, 3.05) is 10.6 Å². The number of pyridine rings is 2. The van der Waals surface area contributed by atoms with Crippen molar-refractivity contribution in [3.63, 3.8) is 0 Å². The van der Waals surface area contributed by atoms with E-state index in [1.807, 2.05) is 12.1 Å². The molecule has 0 bridgehead atoms. The first-order chi connectivity index (χ1) is 13.5. The van der Waals surface area contributed by atoms with Crippen LogP contribution in [0.25, 0.3) is 0 Å². The molecule has 28 heavy (non-hydrogen) atoms. The van der Waals surface area contributed by atoms with E-state index in [2.05, 4.69) is 20.6 Å². The van der Waals surface area contributed by atoms with E-state index in [9.17, 15) is 9.18 Å². The van der Waals surface area contributed by atoms with Crippen LogP contribution in [0.2, 0.25) is 0 Å². The third-order valence-corrected chi connectivity index (χ3v) is 5.43. The van der Waals surface area contributed by atoms with Gasteiger partial charge >= 0.3 is 0 Å². The van der Waals surface area contributed by atoms with Gasteiger partial charge in [-0.15, -0.1) is 0 Å². The molecule has 2 aliphatic carbocycles. The van der Waals surface area contributed by atoms with E-state index in [0.29, 0.717) is 11.6 Å². The molecule has 0 radical (unpaired) electrons. The molecule has 0 aromatic carbocycles. The Morgan fingerprint density at radius 3 is 2.57 bits per heavy atom. The minimum Gasteiger partial charge on any atom is -0.365 e. The summed E-state index contributed by atoms with van der Waals surface area (Å²) in [5, 5.41) is 6.15. The fraction of sp³-hybridized carbons (Fsp3) is 0.450. The van der Waals surface area contributed by atoms with Gasteiger partial charge in [-0.1, -0.05) is 12.8 Å². The monoisotopic (exact) mass is 384 g/mol. The molecule has 2 saturated carbocycles. The SMILES string of the molecule is NC(=O)c1cc(F)c(NC2CCCCC2N)nc1Nc1ccc(C2CC2)nc1. The number of rotatable bonds is 6. The standard InChI is InChI=1S/C20H25FN6O/c21-14-9-13(18(23)28)19(25-12-7-8-16(24-10-12)11-5-6-11)27-20(14)26-17-4-2-1-3-15(17)22/h7-11,15,17H,1-6,22H2,(H2,23,28)(H2,25,26,27). The van der Waals surface area contributed by atoms with Crippen LogP contribution in [0.1, 0.15) is 60.5 Å². The third-order valence-electron chi connectivity index (χ3n) is 5.43. The summed E-state index contributed by atoms with van der Waals surface area (Å²) >= 11 is 0. The number of primary amides is 1. The van der Waals surface area contributed by atoms with Gasteiger partial charge in [0.1, 0.15) is 5.82 Å². The van der Waals surface area contributed by atoms with E-state index >= 15 is 0 Å². The molecule has 2 atom stereocenters. The summed E-state index contributed by atoms with van der Waals surface area (Å²) in [6.07, 6.45) is 7.89. The van der Waals surface area contributed by atoms with Gasteiger partial charge in [-0.25, -0.2) is 9.37 Å². The van der Waals surface area contributed by atoms with Gasteiger partial charge in [-0.05, 0) is 43.9 Å². The normalized spacial score (nSPS) is 21.9. The van der Waals surface area contributed by atoms with Gasteiger partial charge in [0.05, 0.1) is 17.4 Å². The number of halogens is 1. The molecule has 148 valence electrons. The van der Waals surface area contributed by atoms with Crippen molar-refractivity contribution in [3.05, 3.63) is 41.5 Å². The molecule has 2 aromatic heterocycles. The Kier molecular flexibility index (Phi) is 5.13. The Morgan fingerprint density at radius 2 is 1.93 bits per heavy atom. The molecule has 8 heteroatoms. The lowest BCUT2D eigenvalue weighted by molar-refractivity contribution is 0.100. The first-order valence-corrected chi connectivity index (χ1v) is 9.76. The van der Waals surface area contributed by atoms with Gasteiger partial charge in [0, 0.05) is 23.7 Å². The Hall–Kier alpha value is -2.74. The molecule has 6 N–H and O–H groups in total. The smallest absolute Gasteiger partial charge is 0.252 e. The lowest BCUT2D eigenvalue weighted by Crippen LogP contribution is -2.43. The number of nitrogens with one attached hydrogen (secondary N) is 2. The maximum absolute atomic E-state index is 14.5. The summed E-state index contributed by atoms with van der Waals surface area (Å²) in [5.41, 5.74) is 13.3. The van der Waals surface area contributed by atoms with Crippen molar-refractivity contribution in [1.29, 1.82) is 0 Å². The number of nitrogens with two attached hydrogens (primary N) is 2. The Labute approximate surface area is 163 Å². The van der Waals surface area contributed by atoms with Crippen molar-refractivity contribution in [3.8, 4) is 0 Å².